The molecule has 0 heterocycles. The Morgan fingerprint density at radius 2 is 2.23 bits per heavy atom. The highest BCUT2D eigenvalue weighted by Crippen LogP contribution is 2.35. The number of hydrogen-bond acceptors (Lipinski definition) is 1. The van der Waals surface area contributed by atoms with Gasteiger partial charge in [-0.2, -0.15) is 0 Å². The van der Waals surface area contributed by atoms with E-state index in [-0.39, 0.29) is 0 Å². The van der Waals surface area contributed by atoms with Crippen molar-refractivity contribution in [1.29, 1.82) is 0 Å². The third kappa shape index (κ3) is 1.49. The molecule has 0 aromatic rings. The summed E-state index contributed by atoms with van der Waals surface area (Å²) in [6.07, 6.45) is 8.91. The molecule has 2 aliphatic carbocycles. The maximum atomic E-state index is 6.04. The van der Waals surface area contributed by atoms with Crippen molar-refractivity contribution in [1.82, 2.24) is 0 Å². The molecule has 0 bridgehead atoms. The summed E-state index contributed by atoms with van der Waals surface area (Å²) in [6.45, 7) is 4.40. The van der Waals surface area contributed by atoms with Crippen LogP contribution in [-0.2, 0) is 0 Å². The van der Waals surface area contributed by atoms with Gasteiger partial charge in [-0.05, 0) is 31.3 Å². The van der Waals surface area contributed by atoms with Gasteiger partial charge in [0.05, 0.1) is 0 Å². The molecule has 1 heteroatoms. The highest BCUT2D eigenvalue weighted by Gasteiger charge is 2.27. The number of allylic oxidation sites excluding steroid dienone is 4. The molecule has 0 radical (unpaired) electrons. The first-order valence-electron chi connectivity index (χ1n) is 5.01. The van der Waals surface area contributed by atoms with Crippen molar-refractivity contribution in [2.75, 3.05) is 0 Å². The van der Waals surface area contributed by atoms with Crippen LogP contribution >= 0.6 is 0 Å². The molecule has 2 rings (SSSR count). The minimum atomic E-state index is 0.348. The van der Waals surface area contributed by atoms with Crippen LogP contribution in [0.5, 0.6) is 0 Å². The van der Waals surface area contributed by atoms with E-state index < -0.39 is 0 Å². The molecule has 0 fully saturated rings. The molecule has 1 nitrogen and oxygen atoms in total. The molecule has 0 saturated carbocycles. The Morgan fingerprint density at radius 1 is 1.46 bits per heavy atom. The van der Waals surface area contributed by atoms with Crippen LogP contribution in [0.25, 0.3) is 0 Å². The Kier molecular flexibility index (Phi) is 2.12. The first-order valence-corrected chi connectivity index (χ1v) is 5.01. The molecule has 0 spiro atoms. The molecule has 0 aromatic heterocycles. The fraction of sp³-hybridized carbons (Fsp3) is 0.500. The molecule has 70 valence electrons. The van der Waals surface area contributed by atoms with Crippen LogP contribution in [0.4, 0.5) is 0 Å². The van der Waals surface area contributed by atoms with Crippen molar-refractivity contribution < 1.29 is 0 Å². The van der Waals surface area contributed by atoms with E-state index in [0.29, 0.717) is 12.0 Å². The molecule has 2 aliphatic rings. The van der Waals surface area contributed by atoms with Crippen molar-refractivity contribution in [3.63, 3.8) is 0 Å². The molecule has 13 heavy (non-hydrogen) atoms. The van der Waals surface area contributed by atoms with Gasteiger partial charge in [-0.1, -0.05) is 36.3 Å². The molecule has 2 unspecified atom stereocenters. The third-order valence-electron chi connectivity index (χ3n) is 3.18. The number of rotatable bonds is 0. The van der Waals surface area contributed by atoms with Gasteiger partial charge < -0.3 is 5.73 Å². The Balaban J connectivity index is 2.35. The Morgan fingerprint density at radius 3 is 3.00 bits per heavy atom. The van der Waals surface area contributed by atoms with Crippen molar-refractivity contribution in [2.24, 2.45) is 11.7 Å². The van der Waals surface area contributed by atoms with Gasteiger partial charge in [-0.25, -0.2) is 0 Å². The van der Waals surface area contributed by atoms with E-state index in [1.165, 1.54) is 11.1 Å². The van der Waals surface area contributed by atoms with E-state index in [1.807, 2.05) is 0 Å². The van der Waals surface area contributed by atoms with Crippen molar-refractivity contribution in [2.45, 2.75) is 32.7 Å². The first kappa shape index (κ1) is 8.76. The van der Waals surface area contributed by atoms with E-state index in [4.69, 9.17) is 5.73 Å². The summed E-state index contributed by atoms with van der Waals surface area (Å²) in [6, 6.07) is 0.348. The normalized spacial score (nSPS) is 33.0. The van der Waals surface area contributed by atoms with Crippen LogP contribution in [-0.4, -0.2) is 6.04 Å². The van der Waals surface area contributed by atoms with Crippen LogP contribution in [0.3, 0.4) is 0 Å². The summed E-state index contributed by atoms with van der Waals surface area (Å²) in [5.74, 6) is 0.571. The third-order valence-corrected chi connectivity index (χ3v) is 3.18. The molecule has 0 aliphatic heterocycles. The summed E-state index contributed by atoms with van der Waals surface area (Å²) in [7, 11) is 0. The van der Waals surface area contributed by atoms with Gasteiger partial charge in [0.15, 0.2) is 0 Å². The summed E-state index contributed by atoms with van der Waals surface area (Å²) in [5, 5.41) is 0. The molecule has 2 atom stereocenters. The van der Waals surface area contributed by atoms with Crippen molar-refractivity contribution in [3.05, 3.63) is 34.9 Å². The predicted octanol–water partition coefficient (Wildman–Crippen LogP) is 2.56. The zero-order valence-corrected chi connectivity index (χ0v) is 8.38. The van der Waals surface area contributed by atoms with Gasteiger partial charge in [0, 0.05) is 6.04 Å². The molecule has 0 saturated heterocycles. The van der Waals surface area contributed by atoms with Crippen molar-refractivity contribution in [3.8, 4) is 0 Å². The van der Waals surface area contributed by atoms with Crippen LogP contribution in [0, 0.1) is 5.92 Å². The predicted molar refractivity (Wildman–Crippen MR) is 56.3 cm³/mol. The highest BCUT2D eigenvalue weighted by molar-refractivity contribution is 5.41. The van der Waals surface area contributed by atoms with Gasteiger partial charge in [0.2, 0.25) is 0 Å². The first-order chi connectivity index (χ1) is 6.18. The molecule has 0 aromatic carbocycles. The summed E-state index contributed by atoms with van der Waals surface area (Å²) >= 11 is 0. The largest absolute Gasteiger partial charge is 0.327 e. The van der Waals surface area contributed by atoms with Crippen LogP contribution < -0.4 is 5.73 Å². The van der Waals surface area contributed by atoms with E-state index in [0.717, 1.165) is 12.8 Å². The van der Waals surface area contributed by atoms with Crippen LogP contribution in [0.2, 0.25) is 0 Å². The van der Waals surface area contributed by atoms with E-state index in [2.05, 4.69) is 32.1 Å². The lowest BCUT2D eigenvalue weighted by Crippen LogP contribution is -2.24. The average molecular weight is 175 g/mol. The minimum Gasteiger partial charge on any atom is -0.327 e. The number of hydrogen-bond donors (Lipinski definition) is 1. The molecular formula is C12H17N. The van der Waals surface area contributed by atoms with Gasteiger partial charge in [0.1, 0.15) is 0 Å². The second-order valence-corrected chi connectivity index (χ2v) is 4.20. The lowest BCUT2D eigenvalue weighted by atomic mass is 9.98. The summed E-state index contributed by atoms with van der Waals surface area (Å²) < 4.78 is 0. The monoisotopic (exact) mass is 175 g/mol. The van der Waals surface area contributed by atoms with E-state index >= 15 is 0 Å². The molecule has 0 amide bonds. The minimum absolute atomic E-state index is 0.348. The molecular weight excluding hydrogens is 158 g/mol. The number of nitrogens with two attached hydrogens (primary N) is 1. The Hall–Kier alpha value is -0.820. The van der Waals surface area contributed by atoms with E-state index in [1.54, 1.807) is 5.57 Å². The van der Waals surface area contributed by atoms with Gasteiger partial charge in [-0.3, -0.25) is 0 Å². The van der Waals surface area contributed by atoms with Crippen LogP contribution in [0.15, 0.2) is 34.9 Å². The van der Waals surface area contributed by atoms with Gasteiger partial charge in [0.25, 0.3) is 0 Å². The quantitative estimate of drug-likeness (QED) is 0.601. The zero-order valence-electron chi connectivity index (χ0n) is 8.38. The second-order valence-electron chi connectivity index (χ2n) is 4.20. The fourth-order valence-electron chi connectivity index (χ4n) is 2.28. The van der Waals surface area contributed by atoms with Gasteiger partial charge >= 0.3 is 0 Å². The van der Waals surface area contributed by atoms with Crippen LogP contribution in [0.1, 0.15) is 26.7 Å². The summed E-state index contributed by atoms with van der Waals surface area (Å²) in [4.78, 5) is 0. The maximum Gasteiger partial charge on any atom is 0.0143 e. The van der Waals surface area contributed by atoms with Gasteiger partial charge in [-0.15, -0.1) is 0 Å². The fourth-order valence-corrected chi connectivity index (χ4v) is 2.28. The lowest BCUT2D eigenvalue weighted by Gasteiger charge is -2.12. The van der Waals surface area contributed by atoms with Crippen molar-refractivity contribution >= 4 is 0 Å². The lowest BCUT2D eigenvalue weighted by molar-refractivity contribution is 0.552. The zero-order chi connectivity index (χ0) is 9.42. The summed E-state index contributed by atoms with van der Waals surface area (Å²) in [5.41, 5.74) is 10.4. The SMILES string of the molecule is CC1=CC2=C(CC=C1)C(C)C(N)C2. The Bertz CT molecular complexity index is 307. The maximum absolute atomic E-state index is 6.04. The highest BCUT2D eigenvalue weighted by atomic mass is 14.7. The molecule has 2 N–H and O–H groups in total. The Labute approximate surface area is 80.0 Å². The topological polar surface area (TPSA) is 26.0 Å². The smallest absolute Gasteiger partial charge is 0.0143 e. The van der Waals surface area contributed by atoms with E-state index in [9.17, 15) is 0 Å². The average Bonchev–Trinajstić information content (AvgIpc) is 2.28. The standard InChI is InChI=1S/C12H17N/c1-8-4-3-5-11-9(2)12(13)7-10(11)6-8/h3-4,6,9,12H,5,7,13H2,1-2H3. The second kappa shape index (κ2) is 3.15.